The van der Waals surface area contributed by atoms with Crippen molar-refractivity contribution in [3.8, 4) is 11.1 Å². The predicted octanol–water partition coefficient (Wildman–Crippen LogP) is 5.45. The Hall–Kier alpha value is -0.760. The molecule has 0 fully saturated rings. The molecular formula is C12H6Cl3F. The van der Waals surface area contributed by atoms with Crippen LogP contribution in [0.3, 0.4) is 0 Å². The molecule has 0 aromatic heterocycles. The molecule has 0 aliphatic carbocycles. The minimum absolute atomic E-state index is 0.0915. The van der Waals surface area contributed by atoms with E-state index in [1.54, 1.807) is 24.3 Å². The van der Waals surface area contributed by atoms with Crippen LogP contribution in [0.1, 0.15) is 0 Å². The maximum Gasteiger partial charge on any atom is 0.142 e. The lowest BCUT2D eigenvalue weighted by Crippen LogP contribution is -1.83. The molecule has 0 aliphatic heterocycles. The molecule has 0 nitrogen and oxygen atoms in total. The zero-order valence-corrected chi connectivity index (χ0v) is 10.2. The average molecular weight is 276 g/mol. The monoisotopic (exact) mass is 274 g/mol. The van der Waals surface area contributed by atoms with E-state index in [4.69, 9.17) is 34.8 Å². The summed E-state index contributed by atoms with van der Waals surface area (Å²) in [6, 6.07) is 9.61. The van der Waals surface area contributed by atoms with Crippen LogP contribution >= 0.6 is 34.8 Å². The highest BCUT2D eigenvalue weighted by Crippen LogP contribution is 2.31. The van der Waals surface area contributed by atoms with Crippen LogP contribution in [-0.4, -0.2) is 0 Å². The first kappa shape index (κ1) is 11.7. The highest BCUT2D eigenvalue weighted by atomic mass is 35.5. The predicted molar refractivity (Wildman–Crippen MR) is 66.9 cm³/mol. The van der Waals surface area contributed by atoms with Crippen LogP contribution in [-0.2, 0) is 0 Å². The van der Waals surface area contributed by atoms with Crippen LogP contribution in [0.2, 0.25) is 15.1 Å². The summed E-state index contributed by atoms with van der Waals surface area (Å²) in [4.78, 5) is 0. The molecule has 0 bridgehead atoms. The second kappa shape index (κ2) is 4.62. The van der Waals surface area contributed by atoms with Crippen molar-refractivity contribution in [3.05, 3.63) is 57.3 Å². The Balaban J connectivity index is 2.54. The van der Waals surface area contributed by atoms with Crippen molar-refractivity contribution in [3.63, 3.8) is 0 Å². The molecule has 0 heterocycles. The molecule has 0 amide bonds. The molecule has 0 unspecified atom stereocenters. The fraction of sp³-hybridized carbons (Fsp3) is 0. The molecule has 4 heteroatoms. The van der Waals surface area contributed by atoms with Crippen molar-refractivity contribution in [1.29, 1.82) is 0 Å². The molecule has 2 rings (SSSR count). The molecule has 0 spiro atoms. The summed E-state index contributed by atoms with van der Waals surface area (Å²) in [6.45, 7) is 0. The van der Waals surface area contributed by atoms with Gasteiger partial charge in [-0.2, -0.15) is 0 Å². The number of halogens is 4. The van der Waals surface area contributed by atoms with Gasteiger partial charge >= 0.3 is 0 Å². The molecule has 0 N–H and O–H groups in total. The summed E-state index contributed by atoms with van der Waals surface area (Å²) < 4.78 is 13.3. The highest BCUT2D eigenvalue weighted by Gasteiger charge is 2.07. The first-order valence-corrected chi connectivity index (χ1v) is 5.62. The third-order valence-electron chi connectivity index (χ3n) is 2.16. The van der Waals surface area contributed by atoms with Gasteiger partial charge in [-0.3, -0.25) is 0 Å². The van der Waals surface area contributed by atoms with E-state index in [1.165, 1.54) is 12.1 Å². The Morgan fingerprint density at radius 1 is 0.812 bits per heavy atom. The molecule has 0 aliphatic rings. The van der Waals surface area contributed by atoms with Crippen LogP contribution in [0.15, 0.2) is 36.4 Å². The maximum absolute atomic E-state index is 13.3. The van der Waals surface area contributed by atoms with Gasteiger partial charge in [0.05, 0.1) is 5.02 Å². The highest BCUT2D eigenvalue weighted by molar-refractivity contribution is 6.36. The van der Waals surface area contributed by atoms with Crippen molar-refractivity contribution in [2.75, 3.05) is 0 Å². The number of benzene rings is 2. The summed E-state index contributed by atoms with van der Waals surface area (Å²) >= 11 is 17.4. The lowest BCUT2D eigenvalue weighted by atomic mass is 10.1. The van der Waals surface area contributed by atoms with Gasteiger partial charge < -0.3 is 0 Å². The minimum atomic E-state index is -0.467. The first-order chi connectivity index (χ1) is 7.58. The van der Waals surface area contributed by atoms with Gasteiger partial charge in [-0.05, 0) is 29.8 Å². The fourth-order valence-corrected chi connectivity index (χ4v) is 2.02. The standard InChI is InChI=1S/C12H6Cl3F/c13-8-2-3-9(11(15)6-8)7-1-4-10(14)12(16)5-7/h1-6H. The summed E-state index contributed by atoms with van der Waals surface area (Å²) in [5.74, 6) is -0.467. The Bertz CT molecular complexity index is 538. The third kappa shape index (κ3) is 2.32. The summed E-state index contributed by atoms with van der Waals surface area (Å²) in [5, 5.41) is 1.12. The molecule has 82 valence electrons. The van der Waals surface area contributed by atoms with Crippen molar-refractivity contribution < 1.29 is 4.39 Å². The second-order valence-electron chi connectivity index (χ2n) is 3.25. The van der Waals surface area contributed by atoms with Gasteiger partial charge in [-0.15, -0.1) is 0 Å². The Kier molecular flexibility index (Phi) is 3.38. The first-order valence-electron chi connectivity index (χ1n) is 4.48. The fourth-order valence-electron chi connectivity index (χ4n) is 1.39. The minimum Gasteiger partial charge on any atom is -0.205 e. The molecule has 2 aromatic rings. The van der Waals surface area contributed by atoms with Gasteiger partial charge in [0.15, 0.2) is 0 Å². The van der Waals surface area contributed by atoms with Crippen LogP contribution in [0.4, 0.5) is 4.39 Å². The normalized spacial score (nSPS) is 10.5. The Morgan fingerprint density at radius 3 is 2.19 bits per heavy atom. The summed E-state index contributed by atoms with van der Waals surface area (Å²) in [6.07, 6.45) is 0. The van der Waals surface area contributed by atoms with E-state index in [2.05, 4.69) is 0 Å². The maximum atomic E-state index is 13.3. The van der Waals surface area contributed by atoms with Gasteiger partial charge in [0.1, 0.15) is 5.82 Å². The van der Waals surface area contributed by atoms with E-state index in [1.807, 2.05) is 0 Å². The van der Waals surface area contributed by atoms with Gasteiger partial charge in [-0.25, -0.2) is 4.39 Å². The largest absolute Gasteiger partial charge is 0.205 e. The lowest BCUT2D eigenvalue weighted by molar-refractivity contribution is 0.629. The van der Waals surface area contributed by atoms with E-state index in [9.17, 15) is 4.39 Å². The molecule has 16 heavy (non-hydrogen) atoms. The van der Waals surface area contributed by atoms with Crippen LogP contribution < -0.4 is 0 Å². The topological polar surface area (TPSA) is 0 Å². The van der Waals surface area contributed by atoms with Gasteiger partial charge in [0, 0.05) is 15.6 Å². The summed E-state index contributed by atoms with van der Waals surface area (Å²) in [7, 11) is 0. The van der Waals surface area contributed by atoms with E-state index < -0.39 is 5.82 Å². The SMILES string of the molecule is Fc1cc(-c2ccc(Cl)cc2Cl)ccc1Cl. The van der Waals surface area contributed by atoms with Crippen LogP contribution in [0.5, 0.6) is 0 Å². The quantitative estimate of drug-likeness (QED) is 0.649. The third-order valence-corrected chi connectivity index (χ3v) is 3.02. The van der Waals surface area contributed by atoms with Crippen LogP contribution in [0.25, 0.3) is 11.1 Å². The molecule has 0 radical (unpaired) electrons. The summed E-state index contributed by atoms with van der Waals surface area (Å²) in [5.41, 5.74) is 1.39. The van der Waals surface area contributed by atoms with E-state index in [0.717, 1.165) is 5.56 Å². The zero-order chi connectivity index (χ0) is 11.7. The molecular weight excluding hydrogens is 269 g/mol. The number of rotatable bonds is 1. The van der Waals surface area contributed by atoms with E-state index in [0.29, 0.717) is 15.6 Å². The second-order valence-corrected chi connectivity index (χ2v) is 4.50. The van der Waals surface area contributed by atoms with Gasteiger partial charge in [0.25, 0.3) is 0 Å². The smallest absolute Gasteiger partial charge is 0.142 e. The Morgan fingerprint density at radius 2 is 1.56 bits per heavy atom. The number of hydrogen-bond donors (Lipinski definition) is 0. The van der Waals surface area contributed by atoms with Crippen molar-refractivity contribution >= 4 is 34.8 Å². The van der Waals surface area contributed by atoms with Gasteiger partial charge in [-0.1, -0.05) is 46.9 Å². The van der Waals surface area contributed by atoms with E-state index in [-0.39, 0.29) is 5.02 Å². The Labute approximate surface area is 108 Å². The number of hydrogen-bond acceptors (Lipinski definition) is 0. The molecule has 2 aromatic carbocycles. The van der Waals surface area contributed by atoms with Crippen LogP contribution in [0, 0.1) is 5.82 Å². The van der Waals surface area contributed by atoms with E-state index >= 15 is 0 Å². The van der Waals surface area contributed by atoms with Crippen molar-refractivity contribution in [2.45, 2.75) is 0 Å². The zero-order valence-electron chi connectivity index (χ0n) is 7.98. The molecule has 0 atom stereocenters. The average Bonchev–Trinajstić information content (AvgIpc) is 2.22. The van der Waals surface area contributed by atoms with Gasteiger partial charge in [0.2, 0.25) is 0 Å². The van der Waals surface area contributed by atoms with Crippen molar-refractivity contribution in [2.24, 2.45) is 0 Å². The molecule has 0 saturated carbocycles. The molecule has 0 saturated heterocycles. The van der Waals surface area contributed by atoms with Crippen molar-refractivity contribution in [1.82, 2.24) is 0 Å². The lowest BCUT2D eigenvalue weighted by Gasteiger charge is -2.05.